The number of hydrogen-bond acceptors (Lipinski definition) is 5. The third-order valence-corrected chi connectivity index (χ3v) is 4.61. The van der Waals surface area contributed by atoms with E-state index in [-0.39, 0.29) is 5.91 Å². The van der Waals surface area contributed by atoms with Crippen LogP contribution < -0.4 is 5.32 Å². The summed E-state index contributed by atoms with van der Waals surface area (Å²) in [5, 5.41) is 7.10. The lowest BCUT2D eigenvalue weighted by atomic mass is 9.98. The quantitative estimate of drug-likeness (QED) is 0.870. The molecule has 1 amide bonds. The Morgan fingerprint density at radius 2 is 2.33 bits per heavy atom. The van der Waals surface area contributed by atoms with Crippen LogP contribution in [0.3, 0.4) is 0 Å². The van der Waals surface area contributed by atoms with Crippen molar-refractivity contribution in [3.63, 3.8) is 0 Å². The molecule has 0 aliphatic carbocycles. The Bertz CT molecular complexity index is 657. The van der Waals surface area contributed by atoms with E-state index >= 15 is 0 Å². The first kappa shape index (κ1) is 16.6. The van der Waals surface area contributed by atoms with Gasteiger partial charge >= 0.3 is 0 Å². The van der Waals surface area contributed by atoms with Gasteiger partial charge in [0.15, 0.2) is 5.82 Å². The van der Waals surface area contributed by atoms with Crippen molar-refractivity contribution in [3.8, 4) is 5.82 Å². The number of piperidine rings is 1. The molecular formula is C17H24N6O. The molecule has 0 bridgehead atoms. The molecule has 0 radical (unpaired) electrons. The number of nitrogens with zero attached hydrogens (tertiary/aromatic N) is 5. The van der Waals surface area contributed by atoms with Crippen LogP contribution >= 0.6 is 0 Å². The van der Waals surface area contributed by atoms with Crippen LogP contribution in [-0.4, -0.2) is 50.2 Å². The van der Waals surface area contributed by atoms with E-state index in [2.05, 4.69) is 32.3 Å². The summed E-state index contributed by atoms with van der Waals surface area (Å²) in [6.07, 6.45) is 10.0. The highest BCUT2D eigenvalue weighted by Gasteiger charge is 2.19. The van der Waals surface area contributed by atoms with Crippen LogP contribution in [0.1, 0.15) is 37.7 Å². The summed E-state index contributed by atoms with van der Waals surface area (Å²) in [7, 11) is 2.15. The van der Waals surface area contributed by atoms with Crippen LogP contribution in [0.2, 0.25) is 0 Å². The molecule has 24 heavy (non-hydrogen) atoms. The topological polar surface area (TPSA) is 75.9 Å². The second-order valence-corrected chi connectivity index (χ2v) is 6.27. The van der Waals surface area contributed by atoms with Gasteiger partial charge in [-0.25, -0.2) is 14.6 Å². The summed E-state index contributed by atoms with van der Waals surface area (Å²) in [5.74, 6) is 0.782. The summed E-state index contributed by atoms with van der Waals surface area (Å²) in [6.45, 7) is 1.59. The summed E-state index contributed by atoms with van der Waals surface area (Å²) in [6, 6.07) is 4.34. The highest BCUT2D eigenvalue weighted by Crippen LogP contribution is 2.19. The summed E-state index contributed by atoms with van der Waals surface area (Å²) >= 11 is 0. The molecule has 1 aliphatic rings. The van der Waals surface area contributed by atoms with E-state index in [4.69, 9.17) is 0 Å². The molecule has 1 unspecified atom stereocenters. The molecule has 0 aromatic carbocycles. The second-order valence-electron chi connectivity index (χ2n) is 6.27. The number of carbonyl (C=O) groups excluding carboxylic acids is 1. The van der Waals surface area contributed by atoms with Crippen LogP contribution in [-0.2, 0) is 11.3 Å². The van der Waals surface area contributed by atoms with E-state index in [0.29, 0.717) is 24.8 Å². The Balaban J connectivity index is 1.52. The molecule has 0 spiro atoms. The largest absolute Gasteiger partial charge is 0.352 e. The number of amides is 1. The molecule has 1 atom stereocenters. The smallest absolute Gasteiger partial charge is 0.220 e. The average molecular weight is 328 g/mol. The van der Waals surface area contributed by atoms with Crippen molar-refractivity contribution in [2.24, 2.45) is 0 Å². The maximum Gasteiger partial charge on any atom is 0.220 e. The molecule has 7 heteroatoms. The van der Waals surface area contributed by atoms with E-state index in [0.717, 1.165) is 18.5 Å². The number of aromatic nitrogens is 4. The van der Waals surface area contributed by atoms with Crippen LogP contribution in [0.4, 0.5) is 0 Å². The van der Waals surface area contributed by atoms with E-state index in [1.165, 1.54) is 25.6 Å². The molecule has 3 heterocycles. The lowest BCUT2D eigenvalue weighted by Gasteiger charge is -2.32. The molecule has 7 nitrogen and oxygen atoms in total. The monoisotopic (exact) mass is 328 g/mol. The zero-order chi connectivity index (χ0) is 16.8. The molecule has 3 rings (SSSR count). The van der Waals surface area contributed by atoms with Crippen molar-refractivity contribution < 1.29 is 4.79 Å². The van der Waals surface area contributed by atoms with Crippen LogP contribution in [0.5, 0.6) is 0 Å². The number of hydrogen-bond donors (Lipinski definition) is 1. The summed E-state index contributed by atoms with van der Waals surface area (Å²) in [4.78, 5) is 22.8. The van der Waals surface area contributed by atoms with Crippen LogP contribution in [0, 0.1) is 0 Å². The van der Waals surface area contributed by atoms with Crippen molar-refractivity contribution in [2.75, 3.05) is 13.6 Å². The van der Waals surface area contributed by atoms with Crippen molar-refractivity contribution in [2.45, 2.75) is 44.7 Å². The molecular weight excluding hydrogens is 304 g/mol. The van der Waals surface area contributed by atoms with Gasteiger partial charge in [0.05, 0.1) is 0 Å². The zero-order valence-electron chi connectivity index (χ0n) is 14.1. The van der Waals surface area contributed by atoms with Gasteiger partial charge in [0, 0.05) is 30.8 Å². The van der Waals surface area contributed by atoms with Gasteiger partial charge in [-0.1, -0.05) is 12.5 Å². The van der Waals surface area contributed by atoms with E-state index < -0.39 is 0 Å². The molecule has 128 valence electrons. The summed E-state index contributed by atoms with van der Waals surface area (Å²) in [5.41, 5.74) is 0.922. The van der Waals surface area contributed by atoms with E-state index in [9.17, 15) is 4.79 Å². The van der Waals surface area contributed by atoms with Gasteiger partial charge in [0.25, 0.3) is 0 Å². The fraction of sp³-hybridized carbons (Fsp3) is 0.529. The Morgan fingerprint density at radius 3 is 3.12 bits per heavy atom. The lowest BCUT2D eigenvalue weighted by molar-refractivity contribution is -0.121. The Labute approximate surface area is 142 Å². The number of pyridine rings is 1. The minimum atomic E-state index is 0.0855. The number of carbonyl (C=O) groups is 1. The first-order valence-corrected chi connectivity index (χ1v) is 8.50. The number of likely N-dealkylation sites (tertiary alicyclic amines) is 1. The van der Waals surface area contributed by atoms with Gasteiger partial charge in [-0.05, 0) is 38.9 Å². The lowest BCUT2D eigenvalue weighted by Crippen LogP contribution is -2.37. The molecule has 1 fully saturated rings. The van der Waals surface area contributed by atoms with Crippen molar-refractivity contribution in [1.29, 1.82) is 0 Å². The highest BCUT2D eigenvalue weighted by molar-refractivity contribution is 5.76. The third kappa shape index (κ3) is 4.17. The highest BCUT2D eigenvalue weighted by atomic mass is 16.1. The fourth-order valence-corrected chi connectivity index (χ4v) is 3.18. The SMILES string of the molecule is CN1CCCCC1CCC(=O)NCc1cccnc1-n1cncn1. The molecule has 1 N–H and O–H groups in total. The molecule has 1 aliphatic heterocycles. The van der Waals surface area contributed by atoms with Crippen LogP contribution in [0.25, 0.3) is 5.82 Å². The number of rotatable bonds is 6. The summed E-state index contributed by atoms with van der Waals surface area (Å²) < 4.78 is 1.61. The van der Waals surface area contributed by atoms with Gasteiger partial charge in [-0.2, -0.15) is 5.10 Å². The van der Waals surface area contributed by atoms with Crippen LogP contribution in [0.15, 0.2) is 31.0 Å². The Kier molecular flexibility index (Phi) is 5.53. The van der Waals surface area contributed by atoms with E-state index in [1.54, 1.807) is 17.2 Å². The first-order valence-electron chi connectivity index (χ1n) is 8.50. The van der Waals surface area contributed by atoms with Gasteiger partial charge in [0.2, 0.25) is 5.91 Å². The third-order valence-electron chi connectivity index (χ3n) is 4.61. The molecule has 0 saturated carbocycles. The van der Waals surface area contributed by atoms with Gasteiger partial charge < -0.3 is 10.2 Å². The van der Waals surface area contributed by atoms with Gasteiger partial charge in [-0.15, -0.1) is 0 Å². The van der Waals surface area contributed by atoms with Gasteiger partial charge in [0.1, 0.15) is 12.7 Å². The minimum Gasteiger partial charge on any atom is -0.352 e. The predicted octanol–water partition coefficient (Wildman–Crippen LogP) is 1.54. The zero-order valence-corrected chi connectivity index (χ0v) is 14.1. The molecule has 2 aromatic rings. The average Bonchev–Trinajstić information content (AvgIpc) is 3.14. The maximum atomic E-state index is 12.2. The Morgan fingerprint density at radius 1 is 1.42 bits per heavy atom. The Hall–Kier alpha value is -2.28. The predicted molar refractivity (Wildman–Crippen MR) is 90.5 cm³/mol. The maximum absolute atomic E-state index is 12.2. The standard InChI is InChI=1S/C17H24N6O/c1-22-10-3-2-6-15(22)7-8-16(24)20-11-14-5-4-9-19-17(14)23-13-18-12-21-23/h4-5,9,12-13,15H,2-3,6-8,10-11H2,1H3,(H,20,24). The second kappa shape index (κ2) is 8.01. The minimum absolute atomic E-state index is 0.0855. The van der Waals surface area contributed by atoms with Crippen molar-refractivity contribution in [1.82, 2.24) is 30.0 Å². The van der Waals surface area contributed by atoms with Gasteiger partial charge in [-0.3, -0.25) is 4.79 Å². The fourth-order valence-electron chi connectivity index (χ4n) is 3.18. The number of nitrogens with one attached hydrogen (secondary N) is 1. The van der Waals surface area contributed by atoms with E-state index in [1.807, 2.05) is 12.1 Å². The molecule has 2 aromatic heterocycles. The van der Waals surface area contributed by atoms with Crippen molar-refractivity contribution in [3.05, 3.63) is 36.5 Å². The normalized spacial score (nSPS) is 18.5. The van der Waals surface area contributed by atoms with Crippen molar-refractivity contribution >= 4 is 5.91 Å². The first-order chi connectivity index (χ1) is 11.7. The molecule has 1 saturated heterocycles.